The van der Waals surface area contributed by atoms with Gasteiger partial charge in [-0.15, -0.1) is 36.4 Å². The van der Waals surface area contributed by atoms with Crippen LogP contribution in [0.25, 0.3) is 0 Å². The molecule has 1 heterocycles. The van der Waals surface area contributed by atoms with Gasteiger partial charge in [0.15, 0.2) is 0 Å². The van der Waals surface area contributed by atoms with E-state index in [4.69, 9.17) is 11.6 Å². The Balaban J connectivity index is 0. The third-order valence-electron chi connectivity index (χ3n) is 0.682. The lowest BCUT2D eigenvalue weighted by Gasteiger charge is -1.85. The van der Waals surface area contributed by atoms with Crippen molar-refractivity contribution in [3.05, 3.63) is 18.5 Å². The van der Waals surface area contributed by atoms with Crippen molar-refractivity contribution in [2.45, 2.75) is 6.00 Å². The van der Waals surface area contributed by atoms with Crippen LogP contribution in [0.15, 0.2) is 18.5 Å². The summed E-state index contributed by atoms with van der Waals surface area (Å²) in [6.07, 6.45) is 3.51. The molecule has 0 radical (unpaired) electrons. The van der Waals surface area contributed by atoms with Gasteiger partial charge in [0.05, 0.1) is 0 Å². The first-order valence-electron chi connectivity index (χ1n) is 1.97. The van der Waals surface area contributed by atoms with Crippen molar-refractivity contribution in [1.29, 1.82) is 0 Å². The third-order valence-corrected chi connectivity index (χ3v) is 0.927. The molecule has 0 saturated heterocycles. The Hall–Kier alpha value is 0.0800. The highest BCUT2D eigenvalue weighted by Crippen LogP contribution is 1.85. The zero-order chi connectivity index (χ0) is 5.11. The monoisotopic (exact) mass is 188 g/mol. The summed E-state index contributed by atoms with van der Waals surface area (Å²) in [6, 6.07) is 2.27. The van der Waals surface area contributed by atoms with Gasteiger partial charge in [0, 0.05) is 12.4 Å². The standard InChI is InChI=1S/C4H5ClN2.2ClH/c5-4-7-3-1-2-6-7;;/h1-3H,4H2;2*1H. The second-order valence-corrected chi connectivity index (χ2v) is 1.40. The van der Waals surface area contributed by atoms with Gasteiger partial charge in [0.1, 0.15) is 6.00 Å². The molecule has 1 rings (SSSR count). The number of alkyl halides is 1. The molecule has 0 amide bonds. The van der Waals surface area contributed by atoms with Crippen LogP contribution in [0.3, 0.4) is 0 Å². The fraction of sp³-hybridized carbons (Fsp3) is 0.250. The topological polar surface area (TPSA) is 17.8 Å². The fourth-order valence-corrected chi connectivity index (χ4v) is 0.513. The number of hydrogen-bond acceptors (Lipinski definition) is 1. The van der Waals surface area contributed by atoms with Crippen LogP contribution in [0.1, 0.15) is 0 Å². The van der Waals surface area contributed by atoms with Crippen LogP contribution in [0.4, 0.5) is 0 Å². The second-order valence-electron chi connectivity index (χ2n) is 1.17. The summed E-state index contributed by atoms with van der Waals surface area (Å²) in [4.78, 5) is 0. The van der Waals surface area contributed by atoms with Gasteiger partial charge in [-0.25, -0.2) is 0 Å². The third kappa shape index (κ3) is 3.62. The number of nitrogens with zero attached hydrogens (tertiary/aromatic N) is 2. The predicted molar refractivity (Wildman–Crippen MR) is 42.6 cm³/mol. The molecule has 0 aliphatic heterocycles. The summed E-state index contributed by atoms with van der Waals surface area (Å²) < 4.78 is 1.64. The molecule has 1 aromatic heterocycles. The molecule has 1 aromatic rings. The lowest BCUT2D eigenvalue weighted by molar-refractivity contribution is 0.744. The smallest absolute Gasteiger partial charge is 0.115 e. The quantitative estimate of drug-likeness (QED) is 0.617. The summed E-state index contributed by atoms with van der Waals surface area (Å²) in [6.45, 7) is 0. The summed E-state index contributed by atoms with van der Waals surface area (Å²) in [7, 11) is 0. The molecule has 0 N–H and O–H groups in total. The number of rotatable bonds is 1. The molecule has 0 bridgehead atoms. The van der Waals surface area contributed by atoms with Crippen LogP contribution in [-0.4, -0.2) is 9.78 Å². The molecule has 0 spiro atoms. The second kappa shape index (κ2) is 6.20. The van der Waals surface area contributed by atoms with E-state index in [0.29, 0.717) is 6.00 Å². The summed E-state index contributed by atoms with van der Waals surface area (Å²) >= 11 is 5.37. The molecule has 0 atom stereocenters. The lowest BCUT2D eigenvalue weighted by Crippen LogP contribution is -1.89. The van der Waals surface area contributed by atoms with Crippen molar-refractivity contribution in [3.63, 3.8) is 0 Å². The minimum Gasteiger partial charge on any atom is -0.258 e. The Morgan fingerprint density at radius 3 is 2.33 bits per heavy atom. The van der Waals surface area contributed by atoms with Crippen molar-refractivity contribution >= 4 is 36.4 Å². The number of hydrogen-bond donors (Lipinski definition) is 0. The van der Waals surface area contributed by atoms with Crippen molar-refractivity contribution < 1.29 is 0 Å². The Morgan fingerprint density at radius 2 is 2.11 bits per heavy atom. The minimum atomic E-state index is 0. The highest BCUT2D eigenvalue weighted by molar-refractivity contribution is 6.15. The van der Waals surface area contributed by atoms with Crippen LogP contribution >= 0.6 is 36.4 Å². The lowest BCUT2D eigenvalue weighted by atomic mass is 10.8. The molecule has 0 fully saturated rings. The van der Waals surface area contributed by atoms with Crippen LogP contribution < -0.4 is 0 Å². The maximum Gasteiger partial charge on any atom is 0.115 e. The first-order chi connectivity index (χ1) is 3.43. The van der Waals surface area contributed by atoms with Crippen LogP contribution in [0, 0.1) is 0 Å². The van der Waals surface area contributed by atoms with E-state index in [2.05, 4.69) is 5.10 Å². The van der Waals surface area contributed by atoms with E-state index in [0.717, 1.165) is 0 Å². The zero-order valence-corrected chi connectivity index (χ0v) is 6.92. The van der Waals surface area contributed by atoms with E-state index in [1.54, 1.807) is 10.9 Å². The maximum atomic E-state index is 5.37. The molecule has 0 aliphatic carbocycles. The molecule has 54 valence electrons. The van der Waals surface area contributed by atoms with Crippen molar-refractivity contribution in [1.82, 2.24) is 9.78 Å². The largest absolute Gasteiger partial charge is 0.258 e. The fourth-order valence-electron chi connectivity index (χ4n) is 0.371. The van der Waals surface area contributed by atoms with Crippen LogP contribution in [-0.2, 0) is 6.00 Å². The Labute approximate surface area is 71.0 Å². The zero-order valence-electron chi connectivity index (χ0n) is 4.53. The molecule has 5 heteroatoms. The van der Waals surface area contributed by atoms with E-state index in [9.17, 15) is 0 Å². The van der Waals surface area contributed by atoms with Crippen molar-refractivity contribution in [2.75, 3.05) is 0 Å². The van der Waals surface area contributed by atoms with Gasteiger partial charge in [-0.05, 0) is 6.07 Å². The van der Waals surface area contributed by atoms with Gasteiger partial charge in [-0.1, -0.05) is 0 Å². The van der Waals surface area contributed by atoms with Gasteiger partial charge >= 0.3 is 0 Å². The average Bonchev–Trinajstić information content (AvgIpc) is 2.14. The average molecular weight is 189 g/mol. The van der Waals surface area contributed by atoms with E-state index in [1.165, 1.54) is 0 Å². The number of aromatic nitrogens is 2. The Morgan fingerprint density at radius 1 is 1.44 bits per heavy atom. The van der Waals surface area contributed by atoms with Crippen molar-refractivity contribution in [3.8, 4) is 0 Å². The molecule has 0 saturated carbocycles. The van der Waals surface area contributed by atoms with Gasteiger partial charge in [0.2, 0.25) is 0 Å². The van der Waals surface area contributed by atoms with E-state index < -0.39 is 0 Å². The molecule has 9 heavy (non-hydrogen) atoms. The van der Waals surface area contributed by atoms with Gasteiger partial charge < -0.3 is 0 Å². The van der Waals surface area contributed by atoms with E-state index in [-0.39, 0.29) is 24.8 Å². The summed E-state index contributed by atoms with van der Waals surface area (Å²) in [5.74, 6) is 0. The molecule has 2 nitrogen and oxygen atoms in total. The van der Waals surface area contributed by atoms with Crippen LogP contribution in [0.2, 0.25) is 0 Å². The van der Waals surface area contributed by atoms with E-state index in [1.807, 2.05) is 12.3 Å². The Kier molecular flexibility index (Phi) is 8.15. The molecular weight excluding hydrogens is 182 g/mol. The molecule has 0 aromatic carbocycles. The van der Waals surface area contributed by atoms with Gasteiger partial charge in [-0.3, -0.25) is 4.68 Å². The summed E-state index contributed by atoms with van der Waals surface area (Å²) in [5, 5.41) is 3.82. The highest BCUT2D eigenvalue weighted by atomic mass is 35.5. The molecular formula is C4H7Cl3N2. The Bertz CT molecular complexity index is 128. The minimum absolute atomic E-state index is 0. The van der Waals surface area contributed by atoms with Gasteiger partial charge in [0.25, 0.3) is 0 Å². The first kappa shape index (κ1) is 11.8. The predicted octanol–water partition coefficient (Wildman–Crippen LogP) is 1.92. The molecule has 0 unspecified atom stereocenters. The maximum absolute atomic E-state index is 5.37. The van der Waals surface area contributed by atoms with Gasteiger partial charge in [-0.2, -0.15) is 5.10 Å². The van der Waals surface area contributed by atoms with E-state index >= 15 is 0 Å². The summed E-state index contributed by atoms with van der Waals surface area (Å²) in [5.41, 5.74) is 0. The van der Waals surface area contributed by atoms with Crippen molar-refractivity contribution in [2.24, 2.45) is 0 Å². The number of halogens is 3. The normalized spacial score (nSPS) is 7.22. The first-order valence-corrected chi connectivity index (χ1v) is 2.50. The highest BCUT2D eigenvalue weighted by Gasteiger charge is 1.78. The SMILES string of the molecule is Cl.Cl.ClCn1cccn1. The van der Waals surface area contributed by atoms with Crippen LogP contribution in [0.5, 0.6) is 0 Å². The molecule has 0 aliphatic rings.